The number of hydrogen-bond acceptors (Lipinski definition) is 3. The van der Waals surface area contributed by atoms with Gasteiger partial charge in [-0.1, -0.05) is 30.3 Å². The molecule has 1 aliphatic rings. The summed E-state index contributed by atoms with van der Waals surface area (Å²) in [5.74, 6) is -1.95. The molecule has 7 heteroatoms. The molecule has 1 fully saturated rings. The summed E-state index contributed by atoms with van der Waals surface area (Å²) in [6.45, 7) is 1.80. The van der Waals surface area contributed by atoms with Crippen LogP contribution < -0.4 is 15.5 Å². The van der Waals surface area contributed by atoms with Crippen LogP contribution in [0.25, 0.3) is 0 Å². The summed E-state index contributed by atoms with van der Waals surface area (Å²) >= 11 is 0. The Hall–Kier alpha value is -2.96. The van der Waals surface area contributed by atoms with Crippen LogP contribution in [-0.2, 0) is 16.0 Å². The van der Waals surface area contributed by atoms with Crippen molar-refractivity contribution in [2.75, 3.05) is 31.1 Å². The highest BCUT2D eigenvalue weighted by atomic mass is 19.2. The smallest absolute Gasteiger partial charge is 0.239 e. The lowest BCUT2D eigenvalue weighted by molar-refractivity contribution is -0.125. The molecule has 3 rings (SSSR count). The van der Waals surface area contributed by atoms with E-state index < -0.39 is 11.6 Å². The zero-order valence-corrected chi connectivity index (χ0v) is 15.5. The predicted molar refractivity (Wildman–Crippen MR) is 103 cm³/mol. The predicted octanol–water partition coefficient (Wildman–Crippen LogP) is 2.27. The highest BCUT2D eigenvalue weighted by Gasteiger charge is 2.23. The molecular weight excluding hydrogens is 364 g/mol. The summed E-state index contributed by atoms with van der Waals surface area (Å²) in [7, 11) is 0. The molecule has 0 aromatic heterocycles. The maximum absolute atomic E-state index is 13.4. The number of hydrogen-bond donors (Lipinski definition) is 2. The molecule has 1 atom stereocenters. The molecule has 28 heavy (non-hydrogen) atoms. The van der Waals surface area contributed by atoms with Gasteiger partial charge in [-0.15, -0.1) is 0 Å². The third kappa shape index (κ3) is 5.52. The fourth-order valence-corrected chi connectivity index (χ4v) is 3.26. The van der Waals surface area contributed by atoms with Gasteiger partial charge < -0.3 is 15.5 Å². The van der Waals surface area contributed by atoms with Crippen LogP contribution in [0.5, 0.6) is 0 Å². The van der Waals surface area contributed by atoms with E-state index >= 15 is 0 Å². The summed E-state index contributed by atoms with van der Waals surface area (Å²) in [6, 6.07) is 13.2. The van der Waals surface area contributed by atoms with E-state index in [1.165, 1.54) is 6.07 Å². The summed E-state index contributed by atoms with van der Waals surface area (Å²) in [6.07, 6.45) is 1.08. The van der Waals surface area contributed by atoms with Crippen molar-refractivity contribution in [3.05, 3.63) is 65.7 Å². The van der Waals surface area contributed by atoms with E-state index in [1.54, 1.807) is 6.07 Å². The first-order valence-electron chi connectivity index (χ1n) is 9.28. The van der Waals surface area contributed by atoms with Gasteiger partial charge in [-0.05, 0) is 30.0 Å². The molecule has 0 radical (unpaired) electrons. The third-order valence-electron chi connectivity index (χ3n) is 4.80. The van der Waals surface area contributed by atoms with Gasteiger partial charge in [-0.3, -0.25) is 9.59 Å². The van der Waals surface area contributed by atoms with Crippen molar-refractivity contribution in [2.24, 2.45) is 5.92 Å². The number of nitrogens with zero attached hydrogens (tertiary/aromatic N) is 1. The van der Waals surface area contributed by atoms with Crippen molar-refractivity contribution in [1.82, 2.24) is 10.6 Å². The lowest BCUT2D eigenvalue weighted by Gasteiger charge is -2.19. The van der Waals surface area contributed by atoms with Crippen molar-refractivity contribution >= 4 is 17.5 Å². The number of rotatable bonds is 7. The molecule has 5 nitrogen and oxygen atoms in total. The van der Waals surface area contributed by atoms with E-state index in [0.717, 1.165) is 24.6 Å². The Morgan fingerprint density at radius 3 is 2.54 bits per heavy atom. The number of halogens is 2. The van der Waals surface area contributed by atoms with Gasteiger partial charge in [-0.2, -0.15) is 0 Å². The molecule has 1 aliphatic heterocycles. The Balaban J connectivity index is 1.37. The van der Waals surface area contributed by atoms with Crippen LogP contribution in [-0.4, -0.2) is 38.0 Å². The maximum Gasteiger partial charge on any atom is 0.239 e. The number of nitrogens with one attached hydrogen (secondary N) is 2. The van der Waals surface area contributed by atoms with E-state index in [4.69, 9.17) is 0 Å². The number of carbonyl (C=O) groups is 2. The van der Waals surface area contributed by atoms with E-state index in [1.807, 2.05) is 35.2 Å². The monoisotopic (exact) mass is 387 g/mol. The molecule has 148 valence electrons. The van der Waals surface area contributed by atoms with Crippen molar-refractivity contribution in [1.29, 1.82) is 0 Å². The molecule has 1 saturated heterocycles. The quantitative estimate of drug-likeness (QED) is 0.766. The van der Waals surface area contributed by atoms with E-state index in [0.29, 0.717) is 18.8 Å². The zero-order valence-electron chi connectivity index (χ0n) is 15.5. The highest BCUT2D eigenvalue weighted by molar-refractivity contribution is 5.85. The number of amides is 2. The minimum absolute atomic E-state index is 0.0642. The number of anilines is 1. The maximum atomic E-state index is 13.4. The average molecular weight is 387 g/mol. The molecule has 2 N–H and O–H groups in total. The van der Waals surface area contributed by atoms with Crippen LogP contribution in [0.4, 0.5) is 14.5 Å². The van der Waals surface area contributed by atoms with Crippen LogP contribution >= 0.6 is 0 Å². The van der Waals surface area contributed by atoms with Crippen LogP contribution in [0.3, 0.4) is 0 Å². The molecule has 1 unspecified atom stereocenters. The standard InChI is InChI=1S/C21H23F2N3O2/c22-18-7-6-17(11-19(18)23)26-9-8-16(14-26)12-24-21(28)13-25-20(27)10-15-4-2-1-3-5-15/h1-7,11,16H,8-10,12-14H2,(H,24,28)(H,25,27). The summed E-state index contributed by atoms with van der Waals surface area (Å²) in [5, 5.41) is 5.44. The van der Waals surface area contributed by atoms with Crippen molar-refractivity contribution in [2.45, 2.75) is 12.8 Å². The van der Waals surface area contributed by atoms with Crippen LogP contribution in [0.15, 0.2) is 48.5 Å². The minimum atomic E-state index is -0.861. The first kappa shape index (κ1) is 19.8. The van der Waals surface area contributed by atoms with Gasteiger partial charge in [0.25, 0.3) is 0 Å². The topological polar surface area (TPSA) is 61.4 Å². The van der Waals surface area contributed by atoms with Crippen molar-refractivity contribution < 1.29 is 18.4 Å². The normalized spacial score (nSPS) is 16.1. The molecule has 0 bridgehead atoms. The fourth-order valence-electron chi connectivity index (χ4n) is 3.26. The Bertz CT molecular complexity index is 830. The summed E-state index contributed by atoms with van der Waals surface area (Å²) < 4.78 is 26.4. The SMILES string of the molecule is O=C(CNC(=O)Cc1ccccc1)NCC1CCN(c2ccc(F)c(F)c2)C1. The first-order valence-corrected chi connectivity index (χ1v) is 9.28. The molecule has 1 heterocycles. The molecule has 0 aliphatic carbocycles. The average Bonchev–Trinajstić information content (AvgIpc) is 3.17. The van der Waals surface area contributed by atoms with Crippen LogP contribution in [0.2, 0.25) is 0 Å². The van der Waals surface area contributed by atoms with Crippen LogP contribution in [0, 0.1) is 17.6 Å². The van der Waals surface area contributed by atoms with E-state index in [9.17, 15) is 18.4 Å². The molecule has 2 amide bonds. The minimum Gasteiger partial charge on any atom is -0.371 e. The van der Waals surface area contributed by atoms with Crippen LogP contribution in [0.1, 0.15) is 12.0 Å². The van der Waals surface area contributed by atoms with Gasteiger partial charge in [0.1, 0.15) is 0 Å². The molecule has 2 aromatic rings. The third-order valence-corrected chi connectivity index (χ3v) is 4.80. The Labute approximate surface area is 162 Å². The second-order valence-corrected chi connectivity index (χ2v) is 6.94. The second-order valence-electron chi connectivity index (χ2n) is 6.94. The summed E-state index contributed by atoms with van der Waals surface area (Å²) in [4.78, 5) is 25.8. The molecular formula is C21H23F2N3O2. The van der Waals surface area contributed by atoms with E-state index in [2.05, 4.69) is 10.6 Å². The lowest BCUT2D eigenvalue weighted by atomic mass is 10.1. The van der Waals surface area contributed by atoms with Gasteiger partial charge >= 0.3 is 0 Å². The summed E-state index contributed by atoms with van der Waals surface area (Å²) in [5.41, 5.74) is 1.53. The van der Waals surface area contributed by atoms with Gasteiger partial charge in [0.2, 0.25) is 11.8 Å². The largest absolute Gasteiger partial charge is 0.371 e. The van der Waals surface area contributed by atoms with Crippen molar-refractivity contribution in [3.63, 3.8) is 0 Å². The molecule has 0 spiro atoms. The zero-order chi connectivity index (χ0) is 19.9. The van der Waals surface area contributed by atoms with Gasteiger partial charge in [0, 0.05) is 31.4 Å². The first-order chi connectivity index (χ1) is 13.5. The van der Waals surface area contributed by atoms with Gasteiger partial charge in [-0.25, -0.2) is 8.78 Å². The van der Waals surface area contributed by atoms with E-state index in [-0.39, 0.29) is 30.7 Å². The highest BCUT2D eigenvalue weighted by Crippen LogP contribution is 2.24. The Kier molecular flexibility index (Phi) is 6.57. The van der Waals surface area contributed by atoms with Crippen molar-refractivity contribution in [3.8, 4) is 0 Å². The Morgan fingerprint density at radius 1 is 1.00 bits per heavy atom. The lowest BCUT2D eigenvalue weighted by Crippen LogP contribution is -2.39. The second kappa shape index (κ2) is 9.30. The Morgan fingerprint density at radius 2 is 1.79 bits per heavy atom. The van der Waals surface area contributed by atoms with Gasteiger partial charge in [0.05, 0.1) is 13.0 Å². The number of benzene rings is 2. The fraction of sp³-hybridized carbons (Fsp3) is 0.333. The molecule has 0 saturated carbocycles. The van der Waals surface area contributed by atoms with Gasteiger partial charge in [0.15, 0.2) is 11.6 Å². The number of carbonyl (C=O) groups excluding carboxylic acids is 2. The molecule has 2 aromatic carbocycles.